The van der Waals surface area contributed by atoms with E-state index in [1.54, 1.807) is 18.2 Å². The van der Waals surface area contributed by atoms with Crippen molar-refractivity contribution in [3.8, 4) is 5.75 Å². The Kier molecular flexibility index (Phi) is 5.06. The topological polar surface area (TPSA) is 67.8 Å². The van der Waals surface area contributed by atoms with Crippen molar-refractivity contribution in [2.45, 2.75) is 6.04 Å². The molecule has 1 rings (SSSR count). The van der Waals surface area contributed by atoms with Crippen LogP contribution in [0.2, 0.25) is 5.02 Å². The van der Waals surface area contributed by atoms with Crippen LogP contribution in [0.3, 0.4) is 0 Å². The van der Waals surface area contributed by atoms with Gasteiger partial charge in [-0.05, 0) is 18.2 Å². The molecule has 2 N–H and O–H groups in total. The van der Waals surface area contributed by atoms with Crippen LogP contribution in [0.15, 0.2) is 18.2 Å². The Morgan fingerprint density at radius 1 is 1.53 bits per heavy atom. The third kappa shape index (κ3) is 3.80. The third-order valence-electron chi connectivity index (χ3n) is 2.12. The minimum Gasteiger partial charge on any atom is -0.495 e. The summed E-state index contributed by atoms with van der Waals surface area (Å²) < 4.78 is 9.81. The fourth-order valence-corrected chi connectivity index (χ4v) is 1.56. The summed E-state index contributed by atoms with van der Waals surface area (Å²) in [5.41, 5.74) is 0.597. The number of carboxylic acids is 1. The van der Waals surface area contributed by atoms with Crippen LogP contribution in [0, 0.1) is 0 Å². The lowest BCUT2D eigenvalue weighted by atomic mass is 10.2. The van der Waals surface area contributed by atoms with Crippen LogP contribution in [0.25, 0.3) is 0 Å². The van der Waals surface area contributed by atoms with Gasteiger partial charge < -0.3 is 19.9 Å². The molecule has 1 aromatic carbocycles. The summed E-state index contributed by atoms with van der Waals surface area (Å²) in [5.74, 6) is -0.449. The molecule has 0 spiro atoms. The van der Waals surface area contributed by atoms with Crippen LogP contribution in [0.5, 0.6) is 5.75 Å². The van der Waals surface area contributed by atoms with Crippen molar-refractivity contribution >= 4 is 23.3 Å². The number of methoxy groups -OCH3 is 2. The molecule has 0 aliphatic carbocycles. The zero-order valence-corrected chi connectivity index (χ0v) is 10.3. The van der Waals surface area contributed by atoms with Crippen molar-refractivity contribution in [1.29, 1.82) is 0 Å². The molecule has 94 valence electrons. The number of carboxylic acid groups (broad SMARTS) is 1. The standard InChI is InChI=1S/C11H14ClNO4/c1-16-6-9(11(14)15)13-7-3-4-10(17-2)8(12)5-7/h3-5,9,13H,6H2,1-2H3,(H,14,15). The van der Waals surface area contributed by atoms with Crippen molar-refractivity contribution in [2.75, 3.05) is 26.1 Å². The van der Waals surface area contributed by atoms with Crippen LogP contribution >= 0.6 is 11.6 Å². The smallest absolute Gasteiger partial charge is 0.328 e. The SMILES string of the molecule is COCC(Nc1ccc(OC)c(Cl)c1)C(=O)O. The van der Waals surface area contributed by atoms with E-state index in [1.807, 2.05) is 0 Å². The van der Waals surface area contributed by atoms with Gasteiger partial charge in [-0.3, -0.25) is 0 Å². The van der Waals surface area contributed by atoms with Gasteiger partial charge in [-0.1, -0.05) is 11.6 Å². The zero-order chi connectivity index (χ0) is 12.8. The van der Waals surface area contributed by atoms with Gasteiger partial charge in [0.05, 0.1) is 18.7 Å². The molecule has 0 heterocycles. The predicted molar refractivity (Wildman–Crippen MR) is 64.9 cm³/mol. The Hall–Kier alpha value is -1.46. The molecule has 0 aliphatic heterocycles. The monoisotopic (exact) mass is 259 g/mol. The van der Waals surface area contributed by atoms with E-state index in [9.17, 15) is 4.79 Å². The van der Waals surface area contributed by atoms with E-state index < -0.39 is 12.0 Å². The molecular formula is C11H14ClNO4. The number of carbonyl (C=O) groups is 1. The number of halogens is 1. The molecule has 0 fully saturated rings. The number of anilines is 1. The first kappa shape index (κ1) is 13.6. The average Bonchev–Trinajstić information content (AvgIpc) is 2.28. The zero-order valence-electron chi connectivity index (χ0n) is 9.57. The Bertz CT molecular complexity index is 397. The fraction of sp³-hybridized carbons (Fsp3) is 0.364. The minimum absolute atomic E-state index is 0.0684. The van der Waals surface area contributed by atoms with Gasteiger partial charge in [-0.2, -0.15) is 0 Å². The molecule has 0 bridgehead atoms. The van der Waals surface area contributed by atoms with E-state index >= 15 is 0 Å². The summed E-state index contributed by atoms with van der Waals surface area (Å²) in [6.45, 7) is 0.0684. The molecule has 1 unspecified atom stereocenters. The molecule has 5 nitrogen and oxygen atoms in total. The van der Waals surface area contributed by atoms with Crippen molar-refractivity contribution in [3.05, 3.63) is 23.2 Å². The van der Waals surface area contributed by atoms with E-state index in [0.717, 1.165) is 0 Å². The molecule has 17 heavy (non-hydrogen) atoms. The number of hydrogen-bond donors (Lipinski definition) is 2. The second-order valence-corrected chi connectivity index (χ2v) is 3.75. The molecular weight excluding hydrogens is 246 g/mol. The van der Waals surface area contributed by atoms with Crippen LogP contribution in [0.1, 0.15) is 0 Å². The van der Waals surface area contributed by atoms with E-state index in [1.165, 1.54) is 14.2 Å². The first-order valence-corrected chi connectivity index (χ1v) is 5.28. The summed E-state index contributed by atoms with van der Waals surface area (Å²) in [6.07, 6.45) is 0. The highest BCUT2D eigenvalue weighted by Gasteiger charge is 2.17. The summed E-state index contributed by atoms with van der Waals surface area (Å²) in [6, 6.07) is 4.14. The van der Waals surface area contributed by atoms with Crippen LogP contribution < -0.4 is 10.1 Å². The van der Waals surface area contributed by atoms with E-state index in [-0.39, 0.29) is 6.61 Å². The van der Waals surface area contributed by atoms with Crippen LogP contribution in [0.4, 0.5) is 5.69 Å². The number of rotatable bonds is 6. The molecule has 0 amide bonds. The first-order chi connectivity index (χ1) is 8.08. The maximum Gasteiger partial charge on any atom is 0.328 e. The molecule has 0 radical (unpaired) electrons. The Labute approximate surface area is 104 Å². The molecule has 0 saturated carbocycles. The van der Waals surface area contributed by atoms with Gasteiger partial charge in [0.2, 0.25) is 0 Å². The summed E-state index contributed by atoms with van der Waals surface area (Å²) in [4.78, 5) is 10.9. The maximum atomic E-state index is 10.9. The van der Waals surface area contributed by atoms with Crippen LogP contribution in [-0.2, 0) is 9.53 Å². The lowest BCUT2D eigenvalue weighted by Crippen LogP contribution is -2.33. The number of hydrogen-bond acceptors (Lipinski definition) is 4. The fourth-order valence-electron chi connectivity index (χ4n) is 1.30. The third-order valence-corrected chi connectivity index (χ3v) is 2.42. The molecule has 0 aromatic heterocycles. The number of nitrogens with one attached hydrogen (secondary N) is 1. The Balaban J connectivity index is 2.79. The van der Waals surface area contributed by atoms with E-state index in [4.69, 9.17) is 26.2 Å². The Morgan fingerprint density at radius 2 is 2.24 bits per heavy atom. The van der Waals surface area contributed by atoms with Gasteiger partial charge in [-0.15, -0.1) is 0 Å². The van der Waals surface area contributed by atoms with Gasteiger partial charge >= 0.3 is 5.97 Å². The number of ether oxygens (including phenoxy) is 2. The first-order valence-electron chi connectivity index (χ1n) is 4.90. The second-order valence-electron chi connectivity index (χ2n) is 3.34. The van der Waals surface area contributed by atoms with Gasteiger partial charge in [0.1, 0.15) is 11.8 Å². The number of benzene rings is 1. The minimum atomic E-state index is -0.987. The van der Waals surface area contributed by atoms with Crippen molar-refractivity contribution < 1.29 is 19.4 Å². The van der Waals surface area contributed by atoms with E-state index in [2.05, 4.69) is 5.32 Å². The largest absolute Gasteiger partial charge is 0.495 e. The molecule has 6 heteroatoms. The normalized spacial score (nSPS) is 11.9. The highest BCUT2D eigenvalue weighted by atomic mass is 35.5. The summed E-state index contributed by atoms with van der Waals surface area (Å²) in [5, 5.41) is 12.2. The lowest BCUT2D eigenvalue weighted by molar-refractivity contribution is -0.139. The van der Waals surface area contributed by atoms with Gasteiger partial charge in [0, 0.05) is 12.8 Å². The maximum absolute atomic E-state index is 10.9. The van der Waals surface area contributed by atoms with Gasteiger partial charge in [-0.25, -0.2) is 4.79 Å². The highest BCUT2D eigenvalue weighted by Crippen LogP contribution is 2.27. The van der Waals surface area contributed by atoms with Crippen molar-refractivity contribution in [2.24, 2.45) is 0 Å². The average molecular weight is 260 g/mol. The summed E-state index contributed by atoms with van der Waals surface area (Å²) >= 11 is 5.93. The quantitative estimate of drug-likeness (QED) is 0.816. The lowest BCUT2D eigenvalue weighted by Gasteiger charge is -2.15. The van der Waals surface area contributed by atoms with Crippen molar-refractivity contribution in [3.63, 3.8) is 0 Å². The summed E-state index contributed by atoms with van der Waals surface area (Å²) in [7, 11) is 2.96. The second kappa shape index (κ2) is 6.32. The highest BCUT2D eigenvalue weighted by molar-refractivity contribution is 6.32. The van der Waals surface area contributed by atoms with Crippen molar-refractivity contribution in [1.82, 2.24) is 0 Å². The molecule has 1 aromatic rings. The molecule has 1 atom stereocenters. The Morgan fingerprint density at radius 3 is 2.71 bits per heavy atom. The number of aliphatic carboxylic acids is 1. The van der Waals surface area contributed by atoms with Gasteiger partial charge in [0.25, 0.3) is 0 Å². The molecule has 0 aliphatic rings. The van der Waals surface area contributed by atoms with E-state index in [0.29, 0.717) is 16.5 Å². The van der Waals surface area contributed by atoms with Gasteiger partial charge in [0.15, 0.2) is 0 Å². The van der Waals surface area contributed by atoms with Crippen LogP contribution in [-0.4, -0.2) is 37.9 Å². The molecule has 0 saturated heterocycles. The predicted octanol–water partition coefficient (Wildman–Crippen LogP) is 1.86.